The Morgan fingerprint density at radius 3 is 2.59 bits per heavy atom. The fourth-order valence-corrected chi connectivity index (χ4v) is 4.99. The summed E-state index contributed by atoms with van der Waals surface area (Å²) in [6.45, 7) is 10.7. The highest BCUT2D eigenvalue weighted by Crippen LogP contribution is 2.26. The van der Waals surface area contributed by atoms with Crippen LogP contribution < -0.4 is 11.1 Å². The van der Waals surface area contributed by atoms with Gasteiger partial charge in [0.1, 0.15) is 6.04 Å². The van der Waals surface area contributed by atoms with E-state index in [0.717, 1.165) is 19.6 Å². The molecule has 0 aliphatic carbocycles. The van der Waals surface area contributed by atoms with Crippen molar-refractivity contribution in [2.75, 3.05) is 19.6 Å². The smallest absolute Gasteiger partial charge is 0.246 e. The summed E-state index contributed by atoms with van der Waals surface area (Å²) in [6, 6.07) is 9.67. The number of nitrogens with two attached hydrogens (primary N) is 1. The van der Waals surface area contributed by atoms with Crippen molar-refractivity contribution in [1.29, 1.82) is 0 Å². The molecular weight excluding hydrogens is 428 g/mol. The number of hydrogen-bond acceptors (Lipinski definition) is 4. The molecular formula is C27H38N4O3. The molecule has 1 fully saturated rings. The molecule has 3 rings (SSSR count). The summed E-state index contributed by atoms with van der Waals surface area (Å²) in [5, 5.41) is 2.95. The van der Waals surface area contributed by atoms with E-state index >= 15 is 0 Å². The van der Waals surface area contributed by atoms with Gasteiger partial charge in [-0.05, 0) is 30.7 Å². The number of nitrogens with one attached hydrogen (secondary N) is 1. The number of piperazine rings is 1. The SMILES string of the molecule is C=CCC(C(N)=O)C(CC(C)C)C(=O)NC1CC=CC2CN(Cc3ccccc3)CCN2C1=O. The summed E-state index contributed by atoms with van der Waals surface area (Å²) in [5.41, 5.74) is 6.87. The molecule has 2 heterocycles. The highest BCUT2D eigenvalue weighted by molar-refractivity contribution is 5.92. The quantitative estimate of drug-likeness (QED) is 0.518. The van der Waals surface area contributed by atoms with Gasteiger partial charge in [0.15, 0.2) is 0 Å². The van der Waals surface area contributed by atoms with Gasteiger partial charge in [0.2, 0.25) is 17.7 Å². The number of carbonyl (C=O) groups excluding carboxylic acids is 3. The average molecular weight is 467 g/mol. The van der Waals surface area contributed by atoms with Crippen LogP contribution in [0.3, 0.4) is 0 Å². The molecule has 7 nitrogen and oxygen atoms in total. The van der Waals surface area contributed by atoms with Crippen molar-refractivity contribution in [3.8, 4) is 0 Å². The van der Waals surface area contributed by atoms with Crippen LogP contribution >= 0.6 is 0 Å². The van der Waals surface area contributed by atoms with E-state index in [2.05, 4.69) is 35.0 Å². The third-order valence-electron chi connectivity index (χ3n) is 6.71. The monoisotopic (exact) mass is 466 g/mol. The molecule has 4 unspecified atom stereocenters. The number of carbonyl (C=O) groups is 3. The maximum absolute atomic E-state index is 13.4. The zero-order valence-corrected chi connectivity index (χ0v) is 20.4. The second-order valence-corrected chi connectivity index (χ2v) is 9.81. The highest BCUT2D eigenvalue weighted by atomic mass is 16.2. The highest BCUT2D eigenvalue weighted by Gasteiger charge is 2.38. The van der Waals surface area contributed by atoms with Gasteiger partial charge in [-0.1, -0.05) is 62.4 Å². The van der Waals surface area contributed by atoms with Crippen molar-refractivity contribution in [2.24, 2.45) is 23.5 Å². The topological polar surface area (TPSA) is 95.7 Å². The number of hydrogen-bond donors (Lipinski definition) is 2. The van der Waals surface area contributed by atoms with Crippen molar-refractivity contribution >= 4 is 17.7 Å². The lowest BCUT2D eigenvalue weighted by Gasteiger charge is -2.40. The number of primary amides is 1. The van der Waals surface area contributed by atoms with E-state index in [1.54, 1.807) is 6.08 Å². The van der Waals surface area contributed by atoms with E-state index in [9.17, 15) is 14.4 Å². The Hall–Kier alpha value is -2.93. The van der Waals surface area contributed by atoms with E-state index < -0.39 is 23.8 Å². The molecule has 0 radical (unpaired) electrons. The molecule has 0 saturated carbocycles. The lowest BCUT2D eigenvalue weighted by molar-refractivity contribution is -0.141. The van der Waals surface area contributed by atoms with Gasteiger partial charge in [-0.3, -0.25) is 19.3 Å². The van der Waals surface area contributed by atoms with Gasteiger partial charge in [0.05, 0.1) is 17.9 Å². The van der Waals surface area contributed by atoms with Crippen molar-refractivity contribution in [1.82, 2.24) is 15.1 Å². The summed E-state index contributed by atoms with van der Waals surface area (Å²) in [4.78, 5) is 43.0. The normalized spacial score (nSPS) is 22.6. The lowest BCUT2D eigenvalue weighted by atomic mass is 9.82. The third-order valence-corrected chi connectivity index (χ3v) is 6.71. The number of rotatable bonds is 10. The molecule has 0 bridgehead atoms. The average Bonchev–Trinajstić information content (AvgIpc) is 2.95. The van der Waals surface area contributed by atoms with Gasteiger partial charge in [0.25, 0.3) is 0 Å². The van der Waals surface area contributed by atoms with Crippen molar-refractivity contribution in [3.63, 3.8) is 0 Å². The molecule has 3 amide bonds. The van der Waals surface area contributed by atoms with Gasteiger partial charge in [0, 0.05) is 26.2 Å². The fourth-order valence-electron chi connectivity index (χ4n) is 4.99. The van der Waals surface area contributed by atoms with E-state index in [1.807, 2.05) is 43.0 Å². The molecule has 1 saturated heterocycles. The standard InChI is InChI=1S/C27H38N4O3/c1-4-9-22(25(28)32)23(16-19(2)3)26(33)29-24-13-8-12-21-18-30(14-15-31(21)27(24)34)17-20-10-6-5-7-11-20/h4-8,10-12,19,21-24H,1,9,13-18H2,2-3H3,(H2,28,32)(H,29,33). The Bertz CT molecular complexity index is 898. The number of allylic oxidation sites excluding steroid dienone is 1. The largest absolute Gasteiger partial charge is 0.369 e. The molecule has 2 aliphatic heterocycles. The van der Waals surface area contributed by atoms with Gasteiger partial charge in [-0.2, -0.15) is 0 Å². The summed E-state index contributed by atoms with van der Waals surface area (Å²) in [6.07, 6.45) is 6.99. The third kappa shape index (κ3) is 6.56. The van der Waals surface area contributed by atoms with Gasteiger partial charge in [-0.25, -0.2) is 0 Å². The Balaban J connectivity index is 1.67. The lowest BCUT2D eigenvalue weighted by Crippen LogP contribution is -2.58. The molecule has 1 aromatic rings. The Labute approximate surface area is 203 Å². The second kappa shape index (κ2) is 12.0. The number of nitrogens with zero attached hydrogens (tertiary/aromatic N) is 2. The maximum Gasteiger partial charge on any atom is 0.246 e. The fraction of sp³-hybridized carbons (Fsp3) is 0.519. The summed E-state index contributed by atoms with van der Waals surface area (Å²) >= 11 is 0. The Morgan fingerprint density at radius 1 is 1.21 bits per heavy atom. The van der Waals surface area contributed by atoms with E-state index in [0.29, 0.717) is 25.8 Å². The van der Waals surface area contributed by atoms with Crippen molar-refractivity contribution < 1.29 is 14.4 Å². The summed E-state index contributed by atoms with van der Waals surface area (Å²) < 4.78 is 0. The summed E-state index contributed by atoms with van der Waals surface area (Å²) in [7, 11) is 0. The van der Waals surface area contributed by atoms with Crippen LogP contribution in [-0.2, 0) is 20.9 Å². The van der Waals surface area contributed by atoms with Crippen LogP contribution in [0.4, 0.5) is 0 Å². The Morgan fingerprint density at radius 2 is 1.94 bits per heavy atom. The van der Waals surface area contributed by atoms with E-state index in [1.165, 1.54) is 5.56 Å². The zero-order valence-electron chi connectivity index (χ0n) is 20.4. The summed E-state index contributed by atoms with van der Waals surface area (Å²) in [5.74, 6) is -1.88. The van der Waals surface area contributed by atoms with Crippen LogP contribution in [0.5, 0.6) is 0 Å². The van der Waals surface area contributed by atoms with Crippen LogP contribution in [0.1, 0.15) is 38.7 Å². The van der Waals surface area contributed by atoms with Crippen LogP contribution in [-0.4, -0.2) is 59.2 Å². The maximum atomic E-state index is 13.4. The molecule has 7 heteroatoms. The first-order valence-electron chi connectivity index (χ1n) is 12.2. The molecule has 3 N–H and O–H groups in total. The van der Waals surface area contributed by atoms with Gasteiger partial charge >= 0.3 is 0 Å². The molecule has 2 aliphatic rings. The minimum atomic E-state index is -0.638. The van der Waals surface area contributed by atoms with Crippen LogP contribution in [0.15, 0.2) is 55.1 Å². The molecule has 0 spiro atoms. The number of benzene rings is 1. The number of fused-ring (bicyclic) bond motifs is 1. The van der Waals surface area contributed by atoms with Gasteiger partial charge in [-0.15, -0.1) is 6.58 Å². The van der Waals surface area contributed by atoms with Crippen LogP contribution in [0.25, 0.3) is 0 Å². The molecule has 0 aromatic heterocycles. The molecule has 34 heavy (non-hydrogen) atoms. The van der Waals surface area contributed by atoms with Crippen LogP contribution in [0.2, 0.25) is 0 Å². The molecule has 1 aromatic carbocycles. The number of amides is 3. The second-order valence-electron chi connectivity index (χ2n) is 9.81. The van der Waals surface area contributed by atoms with Crippen molar-refractivity contribution in [3.05, 3.63) is 60.7 Å². The molecule has 184 valence electrons. The molecule has 4 atom stereocenters. The first-order valence-corrected chi connectivity index (χ1v) is 12.2. The minimum Gasteiger partial charge on any atom is -0.369 e. The van der Waals surface area contributed by atoms with Crippen LogP contribution in [0, 0.1) is 17.8 Å². The van der Waals surface area contributed by atoms with E-state index in [-0.39, 0.29) is 23.8 Å². The minimum absolute atomic E-state index is 0.0162. The Kier molecular flexibility index (Phi) is 9.05. The van der Waals surface area contributed by atoms with E-state index in [4.69, 9.17) is 5.73 Å². The van der Waals surface area contributed by atoms with Gasteiger partial charge < -0.3 is 16.0 Å². The predicted octanol–water partition coefficient (Wildman–Crippen LogP) is 2.48. The first-order chi connectivity index (χ1) is 16.3. The van der Waals surface area contributed by atoms with Crippen molar-refractivity contribution in [2.45, 2.75) is 51.7 Å². The zero-order chi connectivity index (χ0) is 24.7. The first kappa shape index (κ1) is 25.7. The predicted molar refractivity (Wildman–Crippen MR) is 133 cm³/mol.